The second-order valence-electron chi connectivity index (χ2n) is 3.97. The predicted octanol–water partition coefficient (Wildman–Crippen LogP) is 3.62. The highest BCUT2D eigenvalue weighted by molar-refractivity contribution is 6.53. The number of fused-ring (bicyclic) bond motifs is 1. The van der Waals surface area contributed by atoms with Gasteiger partial charge in [0.25, 0.3) is 0 Å². The summed E-state index contributed by atoms with van der Waals surface area (Å²) >= 11 is 0. The van der Waals surface area contributed by atoms with Crippen molar-refractivity contribution in [3.63, 3.8) is 0 Å². The Kier molecular flexibility index (Phi) is 3.92. The highest BCUT2D eigenvalue weighted by atomic mass is 16.6. The lowest BCUT2D eigenvalue weighted by atomic mass is 9.90. The smallest absolute Gasteiger partial charge is 0.520 e. The van der Waals surface area contributed by atoms with Gasteiger partial charge in [0.2, 0.25) is 0 Å². The monoisotopic (exact) mass is 216 g/mol. The quantitative estimate of drug-likeness (QED) is 0.552. The Morgan fingerprint density at radius 3 is 2.44 bits per heavy atom. The fourth-order valence-electron chi connectivity index (χ4n) is 1.72. The van der Waals surface area contributed by atoms with Crippen molar-refractivity contribution in [1.29, 1.82) is 0 Å². The maximum Gasteiger partial charge on any atom is 0.624 e. The molecule has 0 saturated carbocycles. The fourth-order valence-corrected chi connectivity index (χ4v) is 1.72. The van der Waals surface area contributed by atoms with E-state index in [0.29, 0.717) is 0 Å². The van der Waals surface area contributed by atoms with Crippen LogP contribution in [0.4, 0.5) is 0 Å². The maximum atomic E-state index is 5.60. The van der Waals surface area contributed by atoms with Crippen LogP contribution in [0.15, 0.2) is 36.3 Å². The van der Waals surface area contributed by atoms with E-state index in [4.69, 9.17) is 9.31 Å². The van der Waals surface area contributed by atoms with Crippen molar-refractivity contribution >= 4 is 7.12 Å². The molecule has 1 aromatic carbocycles. The maximum absolute atomic E-state index is 5.60. The van der Waals surface area contributed by atoms with Crippen LogP contribution in [0.25, 0.3) is 0 Å². The molecular weight excluding hydrogens is 199 g/mol. The van der Waals surface area contributed by atoms with Gasteiger partial charge >= 0.3 is 7.12 Å². The molecule has 3 heteroatoms. The molecule has 1 aliphatic heterocycles. The van der Waals surface area contributed by atoms with E-state index in [-0.39, 0.29) is 7.12 Å². The Balaban J connectivity index is 1.78. The van der Waals surface area contributed by atoms with Crippen molar-refractivity contribution in [1.82, 2.24) is 0 Å². The standard InChI is InChI=1S/C13H17BO2/c1-2-3-4-5-8-11-14-15-12-9-6-7-10-13(12)16-14/h6-11H,2-5H2,1H3. The molecule has 0 spiro atoms. The first kappa shape index (κ1) is 11.1. The van der Waals surface area contributed by atoms with Gasteiger partial charge in [-0.25, -0.2) is 0 Å². The number of hydrogen-bond donors (Lipinski definition) is 0. The van der Waals surface area contributed by atoms with E-state index in [1.165, 1.54) is 19.3 Å². The lowest BCUT2D eigenvalue weighted by Crippen LogP contribution is -2.21. The molecule has 0 atom stereocenters. The molecule has 0 aromatic heterocycles. The number of hydrogen-bond acceptors (Lipinski definition) is 2. The van der Waals surface area contributed by atoms with Crippen molar-refractivity contribution in [3.8, 4) is 11.5 Å². The van der Waals surface area contributed by atoms with Gasteiger partial charge in [-0.05, 0) is 30.9 Å². The predicted molar refractivity (Wildman–Crippen MR) is 66.7 cm³/mol. The molecule has 0 radical (unpaired) electrons. The van der Waals surface area contributed by atoms with Gasteiger partial charge in [0.05, 0.1) is 0 Å². The number of unbranched alkanes of at least 4 members (excludes halogenated alkanes) is 3. The second kappa shape index (κ2) is 5.64. The molecule has 1 aromatic rings. The van der Waals surface area contributed by atoms with E-state index >= 15 is 0 Å². The molecule has 0 bridgehead atoms. The summed E-state index contributed by atoms with van der Waals surface area (Å²) < 4.78 is 11.2. The minimum atomic E-state index is -0.237. The van der Waals surface area contributed by atoms with Crippen LogP contribution in [0, 0.1) is 0 Å². The molecular formula is C13H17BO2. The number of allylic oxidation sites excluding steroid dienone is 1. The normalized spacial score (nSPS) is 13.7. The topological polar surface area (TPSA) is 18.5 Å². The fraction of sp³-hybridized carbons (Fsp3) is 0.385. The summed E-state index contributed by atoms with van der Waals surface area (Å²) in [4.78, 5) is 0. The largest absolute Gasteiger partial charge is 0.624 e. The molecule has 16 heavy (non-hydrogen) atoms. The van der Waals surface area contributed by atoms with Crippen LogP contribution in [0.1, 0.15) is 32.6 Å². The molecule has 0 N–H and O–H groups in total. The van der Waals surface area contributed by atoms with Gasteiger partial charge < -0.3 is 9.31 Å². The molecule has 1 aliphatic rings. The zero-order chi connectivity index (χ0) is 11.2. The molecule has 0 amide bonds. The average molecular weight is 216 g/mol. The zero-order valence-electron chi connectivity index (χ0n) is 9.69. The number of rotatable bonds is 5. The summed E-state index contributed by atoms with van der Waals surface area (Å²) in [5.41, 5.74) is 0. The van der Waals surface area contributed by atoms with Crippen LogP contribution in [-0.4, -0.2) is 7.12 Å². The molecule has 0 aliphatic carbocycles. The Bertz CT molecular complexity index is 338. The molecule has 84 valence electrons. The highest BCUT2D eigenvalue weighted by Gasteiger charge is 2.28. The van der Waals surface area contributed by atoms with Crippen molar-refractivity contribution < 1.29 is 9.31 Å². The first-order chi connectivity index (χ1) is 7.90. The summed E-state index contributed by atoms with van der Waals surface area (Å²) in [6.45, 7) is 2.21. The molecule has 0 saturated heterocycles. The summed E-state index contributed by atoms with van der Waals surface area (Å²) in [7, 11) is -0.237. The van der Waals surface area contributed by atoms with Gasteiger partial charge in [-0.15, -0.1) is 0 Å². The van der Waals surface area contributed by atoms with Crippen molar-refractivity contribution in [2.24, 2.45) is 0 Å². The number of para-hydroxylation sites is 2. The van der Waals surface area contributed by atoms with Crippen molar-refractivity contribution in [2.45, 2.75) is 32.6 Å². The average Bonchev–Trinajstić information content (AvgIpc) is 2.71. The second-order valence-corrected chi connectivity index (χ2v) is 3.97. The zero-order valence-corrected chi connectivity index (χ0v) is 9.69. The summed E-state index contributed by atoms with van der Waals surface area (Å²) in [5, 5.41) is 0. The molecule has 1 heterocycles. The van der Waals surface area contributed by atoms with Gasteiger partial charge in [-0.3, -0.25) is 0 Å². The minimum Gasteiger partial charge on any atom is -0.520 e. The minimum absolute atomic E-state index is 0.237. The Morgan fingerprint density at radius 1 is 1.12 bits per heavy atom. The first-order valence-corrected chi connectivity index (χ1v) is 5.99. The van der Waals surface area contributed by atoms with Gasteiger partial charge in [-0.1, -0.05) is 38.0 Å². The third kappa shape index (κ3) is 2.81. The van der Waals surface area contributed by atoms with E-state index in [1.54, 1.807) is 0 Å². The Morgan fingerprint density at radius 2 is 1.81 bits per heavy atom. The third-order valence-corrected chi connectivity index (χ3v) is 2.60. The molecule has 2 rings (SSSR count). The van der Waals surface area contributed by atoms with E-state index in [2.05, 4.69) is 13.0 Å². The van der Waals surface area contributed by atoms with Crippen LogP contribution in [-0.2, 0) is 0 Å². The van der Waals surface area contributed by atoms with E-state index in [1.807, 2.05) is 30.2 Å². The van der Waals surface area contributed by atoms with E-state index < -0.39 is 0 Å². The lowest BCUT2D eigenvalue weighted by Gasteiger charge is -1.97. The van der Waals surface area contributed by atoms with Crippen LogP contribution in [0.3, 0.4) is 0 Å². The van der Waals surface area contributed by atoms with Gasteiger partial charge in [0.15, 0.2) is 0 Å². The Hall–Kier alpha value is -1.38. The van der Waals surface area contributed by atoms with Crippen molar-refractivity contribution in [3.05, 3.63) is 36.3 Å². The molecule has 2 nitrogen and oxygen atoms in total. The van der Waals surface area contributed by atoms with Crippen molar-refractivity contribution in [2.75, 3.05) is 0 Å². The van der Waals surface area contributed by atoms with Crippen LogP contribution < -0.4 is 9.31 Å². The summed E-state index contributed by atoms with van der Waals surface area (Å²) in [6.07, 6.45) is 7.04. The van der Waals surface area contributed by atoms with E-state index in [9.17, 15) is 0 Å². The Labute approximate surface area is 97.4 Å². The summed E-state index contributed by atoms with van der Waals surface area (Å²) in [5.74, 6) is 3.67. The van der Waals surface area contributed by atoms with E-state index in [0.717, 1.165) is 17.9 Å². The van der Waals surface area contributed by atoms with Crippen LogP contribution in [0.2, 0.25) is 0 Å². The van der Waals surface area contributed by atoms with Crippen LogP contribution in [0.5, 0.6) is 11.5 Å². The summed E-state index contributed by atoms with van der Waals surface area (Å²) in [6, 6.07) is 7.77. The number of benzene rings is 1. The highest BCUT2D eigenvalue weighted by Crippen LogP contribution is 2.32. The third-order valence-electron chi connectivity index (χ3n) is 2.60. The van der Waals surface area contributed by atoms with Gasteiger partial charge in [0, 0.05) is 0 Å². The lowest BCUT2D eigenvalue weighted by molar-refractivity contribution is 0.517. The van der Waals surface area contributed by atoms with Gasteiger partial charge in [0.1, 0.15) is 11.5 Å². The van der Waals surface area contributed by atoms with Crippen LogP contribution >= 0.6 is 0 Å². The SMILES string of the molecule is CCCCCC=CB1Oc2ccccc2O1. The first-order valence-electron chi connectivity index (χ1n) is 5.99. The van der Waals surface area contributed by atoms with Gasteiger partial charge in [-0.2, -0.15) is 0 Å². The molecule has 0 fully saturated rings. The molecule has 0 unspecified atom stereocenters.